The predicted octanol–water partition coefficient (Wildman–Crippen LogP) is 7.42. The molecule has 0 unspecified atom stereocenters. The van der Waals surface area contributed by atoms with Crippen LogP contribution in [-0.4, -0.2) is 31.9 Å². The third-order valence-electron chi connectivity index (χ3n) is 5.93. The maximum Gasteiger partial charge on any atom is 0.271 e. The van der Waals surface area contributed by atoms with Crippen LogP contribution in [0.1, 0.15) is 48.7 Å². The van der Waals surface area contributed by atoms with Crippen molar-refractivity contribution in [2.75, 3.05) is 19.8 Å². The number of ether oxygens (including phenoxy) is 4. The summed E-state index contributed by atoms with van der Waals surface area (Å²) in [6.07, 6.45) is 2.37. The predicted molar refractivity (Wildman–Crippen MR) is 159 cm³/mol. The maximum absolute atomic E-state index is 12.7. The first-order valence-corrected chi connectivity index (χ1v) is 13.7. The Hall–Kier alpha value is -4.23. The van der Waals surface area contributed by atoms with Crippen molar-refractivity contribution >= 4 is 34.5 Å². The second-order valence-electron chi connectivity index (χ2n) is 8.83. The number of hydrogen-bond donors (Lipinski definition) is 1. The van der Waals surface area contributed by atoms with Crippen LogP contribution in [0.15, 0.2) is 77.9 Å². The van der Waals surface area contributed by atoms with Gasteiger partial charge in [0.2, 0.25) is 0 Å². The highest BCUT2D eigenvalue weighted by atomic mass is 35.5. The first-order valence-electron chi connectivity index (χ1n) is 13.3. The van der Waals surface area contributed by atoms with E-state index in [2.05, 4.69) is 28.7 Å². The first kappa shape index (κ1) is 28.8. The Bertz CT molecular complexity index is 1480. The van der Waals surface area contributed by atoms with Gasteiger partial charge < -0.3 is 18.9 Å². The molecule has 7 nitrogen and oxygen atoms in total. The summed E-state index contributed by atoms with van der Waals surface area (Å²) < 4.78 is 23.3. The molecule has 0 radical (unpaired) electrons. The van der Waals surface area contributed by atoms with Crippen molar-refractivity contribution < 1.29 is 23.7 Å². The number of nitrogens with zero attached hydrogens (tertiary/aromatic N) is 1. The minimum atomic E-state index is -0.384. The van der Waals surface area contributed by atoms with Crippen molar-refractivity contribution in [2.24, 2.45) is 5.10 Å². The molecule has 1 amide bonds. The molecule has 0 fully saturated rings. The highest BCUT2D eigenvalue weighted by molar-refractivity contribution is 6.32. The van der Waals surface area contributed by atoms with E-state index in [1.807, 2.05) is 45.0 Å². The van der Waals surface area contributed by atoms with Gasteiger partial charge in [-0.3, -0.25) is 4.79 Å². The Kier molecular flexibility index (Phi) is 10.2. The average molecular weight is 561 g/mol. The van der Waals surface area contributed by atoms with Crippen molar-refractivity contribution in [3.8, 4) is 23.0 Å². The number of rotatable bonds is 13. The summed E-state index contributed by atoms with van der Waals surface area (Å²) in [5.41, 5.74) is 4.63. The summed E-state index contributed by atoms with van der Waals surface area (Å²) in [6.45, 7) is 7.57. The van der Waals surface area contributed by atoms with Gasteiger partial charge in [0, 0.05) is 5.56 Å². The zero-order valence-corrected chi connectivity index (χ0v) is 23.7. The van der Waals surface area contributed by atoms with Gasteiger partial charge in [-0.05, 0) is 72.5 Å². The molecule has 0 atom stereocenters. The number of benzene rings is 4. The van der Waals surface area contributed by atoms with Crippen LogP contribution in [0.3, 0.4) is 0 Å². The fourth-order valence-electron chi connectivity index (χ4n) is 4.11. The SMILES string of the molecule is CCCOc1ccc(C(=O)N/N=C/c2cc(Cl)c(OCc3cccc4ccccc34)c(OCC)c2)cc1OCC. The highest BCUT2D eigenvalue weighted by Gasteiger charge is 2.14. The second kappa shape index (κ2) is 14.2. The fourth-order valence-corrected chi connectivity index (χ4v) is 4.39. The number of carbonyl (C=O) groups excluding carboxylic acids is 1. The third kappa shape index (κ3) is 7.24. The smallest absolute Gasteiger partial charge is 0.271 e. The zero-order chi connectivity index (χ0) is 28.3. The van der Waals surface area contributed by atoms with Gasteiger partial charge in [-0.25, -0.2) is 5.43 Å². The molecule has 0 saturated heterocycles. The van der Waals surface area contributed by atoms with Crippen LogP contribution >= 0.6 is 11.6 Å². The molecule has 40 heavy (non-hydrogen) atoms. The molecule has 0 spiro atoms. The molecule has 0 aromatic heterocycles. The summed E-state index contributed by atoms with van der Waals surface area (Å²) >= 11 is 6.61. The van der Waals surface area contributed by atoms with E-state index < -0.39 is 0 Å². The second-order valence-corrected chi connectivity index (χ2v) is 9.24. The summed E-state index contributed by atoms with van der Waals surface area (Å²) in [5.74, 6) is 1.67. The molecule has 0 bridgehead atoms. The molecule has 4 rings (SSSR count). The average Bonchev–Trinajstić information content (AvgIpc) is 2.96. The van der Waals surface area contributed by atoms with Gasteiger partial charge in [-0.2, -0.15) is 5.10 Å². The minimum Gasteiger partial charge on any atom is -0.490 e. The number of fused-ring (bicyclic) bond motifs is 1. The lowest BCUT2D eigenvalue weighted by Crippen LogP contribution is -2.17. The van der Waals surface area contributed by atoms with Crippen LogP contribution in [0.25, 0.3) is 10.8 Å². The summed E-state index contributed by atoms with van der Waals surface area (Å²) in [7, 11) is 0. The van der Waals surface area contributed by atoms with E-state index in [9.17, 15) is 4.79 Å². The Morgan fingerprint density at radius 2 is 1.62 bits per heavy atom. The molecular formula is C32H33ClN2O5. The lowest BCUT2D eigenvalue weighted by Gasteiger charge is -2.15. The number of hydrogen-bond acceptors (Lipinski definition) is 6. The van der Waals surface area contributed by atoms with Crippen molar-refractivity contribution in [3.05, 3.63) is 94.5 Å². The molecule has 1 N–H and O–H groups in total. The Morgan fingerprint density at radius 3 is 2.42 bits per heavy atom. The van der Waals surface area contributed by atoms with Crippen molar-refractivity contribution in [2.45, 2.75) is 33.8 Å². The Balaban J connectivity index is 1.47. The molecule has 0 heterocycles. The topological polar surface area (TPSA) is 78.4 Å². The molecule has 208 valence electrons. The van der Waals surface area contributed by atoms with Gasteiger partial charge >= 0.3 is 0 Å². The number of halogens is 1. The van der Waals surface area contributed by atoms with Crippen LogP contribution in [0, 0.1) is 0 Å². The minimum absolute atomic E-state index is 0.330. The number of carbonyl (C=O) groups is 1. The van der Waals surface area contributed by atoms with E-state index in [0.29, 0.717) is 65.6 Å². The van der Waals surface area contributed by atoms with E-state index >= 15 is 0 Å². The number of hydrazone groups is 1. The molecule has 0 aliphatic heterocycles. The van der Waals surface area contributed by atoms with Crippen molar-refractivity contribution in [1.29, 1.82) is 0 Å². The van der Waals surface area contributed by atoms with Crippen LogP contribution in [0.2, 0.25) is 5.02 Å². The van der Waals surface area contributed by atoms with Gasteiger partial charge in [0.25, 0.3) is 5.91 Å². The zero-order valence-electron chi connectivity index (χ0n) is 22.9. The first-order chi connectivity index (χ1) is 19.5. The van der Waals surface area contributed by atoms with E-state index in [0.717, 1.165) is 22.8 Å². The summed E-state index contributed by atoms with van der Waals surface area (Å²) in [4.78, 5) is 12.7. The van der Waals surface area contributed by atoms with Gasteiger partial charge in [0.15, 0.2) is 23.0 Å². The lowest BCUT2D eigenvalue weighted by molar-refractivity contribution is 0.0954. The number of amides is 1. The molecular weight excluding hydrogens is 528 g/mol. The van der Waals surface area contributed by atoms with Crippen LogP contribution in [-0.2, 0) is 6.61 Å². The molecule has 0 aliphatic rings. The van der Waals surface area contributed by atoms with Gasteiger partial charge in [-0.1, -0.05) is 61.0 Å². The van der Waals surface area contributed by atoms with Gasteiger partial charge in [0.05, 0.1) is 31.1 Å². The van der Waals surface area contributed by atoms with E-state index in [-0.39, 0.29) is 5.91 Å². The van der Waals surface area contributed by atoms with E-state index in [4.69, 9.17) is 30.5 Å². The van der Waals surface area contributed by atoms with E-state index in [1.54, 1.807) is 30.3 Å². The Labute approximate surface area is 239 Å². The van der Waals surface area contributed by atoms with Crippen molar-refractivity contribution in [3.63, 3.8) is 0 Å². The van der Waals surface area contributed by atoms with Crippen LogP contribution in [0.5, 0.6) is 23.0 Å². The molecule has 0 aliphatic carbocycles. The quantitative estimate of drug-likeness (QED) is 0.136. The van der Waals surface area contributed by atoms with Crippen molar-refractivity contribution in [1.82, 2.24) is 5.43 Å². The lowest BCUT2D eigenvalue weighted by atomic mass is 10.1. The maximum atomic E-state index is 12.7. The molecule has 8 heteroatoms. The highest BCUT2D eigenvalue weighted by Crippen LogP contribution is 2.37. The molecule has 4 aromatic carbocycles. The largest absolute Gasteiger partial charge is 0.490 e. The van der Waals surface area contributed by atoms with Crippen LogP contribution < -0.4 is 24.4 Å². The third-order valence-corrected chi connectivity index (χ3v) is 6.21. The van der Waals surface area contributed by atoms with Gasteiger partial charge in [0.1, 0.15) is 6.61 Å². The molecule has 0 saturated carbocycles. The monoisotopic (exact) mass is 560 g/mol. The van der Waals surface area contributed by atoms with E-state index in [1.165, 1.54) is 6.21 Å². The fraction of sp³-hybridized carbons (Fsp3) is 0.250. The normalized spacial score (nSPS) is 11.0. The number of nitrogens with one attached hydrogen (secondary N) is 1. The van der Waals surface area contributed by atoms with Crippen LogP contribution in [0.4, 0.5) is 0 Å². The summed E-state index contributed by atoms with van der Waals surface area (Å²) in [6, 6.07) is 22.8. The molecule has 4 aromatic rings. The Morgan fingerprint density at radius 1 is 0.850 bits per heavy atom. The standard InChI is InChI=1S/C32H33ClN2O5/c1-4-16-39-28-15-14-24(19-29(28)37-5-2)32(36)35-34-20-22-17-27(33)31(30(18-22)38-6-3)40-21-25-12-9-11-23-10-7-8-13-26(23)25/h7-15,17-20H,4-6,16,21H2,1-3H3,(H,35,36)/b34-20+. The summed E-state index contributed by atoms with van der Waals surface area (Å²) in [5, 5.41) is 6.75. The van der Waals surface area contributed by atoms with Gasteiger partial charge in [-0.15, -0.1) is 0 Å².